The van der Waals surface area contributed by atoms with E-state index < -0.39 is 28.5 Å². The fourth-order valence-electron chi connectivity index (χ4n) is 3.48. The molecular formula is C23H20ClN3O5S. The Morgan fingerprint density at radius 3 is 2.39 bits per heavy atom. The predicted molar refractivity (Wildman–Crippen MR) is 127 cm³/mol. The van der Waals surface area contributed by atoms with Crippen molar-refractivity contribution in [1.82, 2.24) is 0 Å². The lowest BCUT2D eigenvalue weighted by atomic mass is 10.2. The standard InChI is InChI=1S/C23H20ClN3O5S/c1-2-32-20-9-5-3-7-18(20)25-22(28)15-26-19-8-4-6-10-21(19)33(30,31)27(23(26)29)17-13-11-16(24)12-14-17/h3-14H,2,15H2,1H3,(H,25,28). The van der Waals surface area contributed by atoms with E-state index >= 15 is 0 Å². The van der Waals surface area contributed by atoms with E-state index in [1.165, 1.54) is 36.4 Å². The number of nitrogens with zero attached hydrogens (tertiary/aromatic N) is 2. The molecule has 0 fully saturated rings. The Balaban J connectivity index is 1.69. The van der Waals surface area contributed by atoms with Crippen LogP contribution in [0.25, 0.3) is 0 Å². The molecule has 0 spiro atoms. The van der Waals surface area contributed by atoms with E-state index in [-0.39, 0.29) is 16.3 Å². The highest BCUT2D eigenvalue weighted by molar-refractivity contribution is 7.94. The Labute approximate surface area is 196 Å². The van der Waals surface area contributed by atoms with Gasteiger partial charge < -0.3 is 10.1 Å². The molecule has 0 saturated heterocycles. The molecule has 8 nitrogen and oxygen atoms in total. The molecule has 1 aliphatic rings. The molecule has 170 valence electrons. The van der Waals surface area contributed by atoms with Gasteiger partial charge in [-0.1, -0.05) is 35.9 Å². The van der Waals surface area contributed by atoms with Gasteiger partial charge in [-0.15, -0.1) is 0 Å². The number of nitrogens with one attached hydrogen (secondary N) is 1. The molecule has 0 aromatic heterocycles. The summed E-state index contributed by atoms with van der Waals surface area (Å²) in [6.45, 7) is 1.84. The van der Waals surface area contributed by atoms with Crippen LogP contribution in [0.5, 0.6) is 5.75 Å². The maximum absolute atomic E-state index is 13.4. The molecule has 1 aliphatic heterocycles. The minimum Gasteiger partial charge on any atom is -0.492 e. The Morgan fingerprint density at radius 1 is 1.00 bits per heavy atom. The zero-order valence-corrected chi connectivity index (χ0v) is 19.1. The van der Waals surface area contributed by atoms with Crippen LogP contribution in [0.2, 0.25) is 5.02 Å². The van der Waals surface area contributed by atoms with Crippen molar-refractivity contribution in [3.05, 3.63) is 77.8 Å². The molecule has 1 heterocycles. The summed E-state index contributed by atoms with van der Waals surface area (Å²) in [6.07, 6.45) is 0. The van der Waals surface area contributed by atoms with Crippen LogP contribution in [-0.4, -0.2) is 33.5 Å². The van der Waals surface area contributed by atoms with Crippen LogP contribution in [0.1, 0.15) is 6.92 Å². The summed E-state index contributed by atoms with van der Waals surface area (Å²) in [6, 6.07) is 17.9. The number of amides is 3. The van der Waals surface area contributed by atoms with E-state index in [4.69, 9.17) is 16.3 Å². The maximum Gasteiger partial charge on any atom is 0.343 e. The molecule has 3 aromatic rings. The van der Waals surface area contributed by atoms with E-state index in [0.29, 0.717) is 27.4 Å². The minimum absolute atomic E-state index is 0.0814. The van der Waals surface area contributed by atoms with Crippen molar-refractivity contribution < 1.29 is 22.7 Å². The van der Waals surface area contributed by atoms with Crippen molar-refractivity contribution in [2.45, 2.75) is 11.8 Å². The zero-order valence-electron chi connectivity index (χ0n) is 17.6. The molecule has 0 aliphatic carbocycles. The van der Waals surface area contributed by atoms with Gasteiger partial charge in [-0.05, 0) is 55.5 Å². The van der Waals surface area contributed by atoms with Crippen LogP contribution in [0, 0.1) is 0 Å². The number of para-hydroxylation sites is 3. The summed E-state index contributed by atoms with van der Waals surface area (Å²) in [5, 5.41) is 3.13. The van der Waals surface area contributed by atoms with Gasteiger partial charge in [-0.25, -0.2) is 13.2 Å². The van der Waals surface area contributed by atoms with Gasteiger partial charge in [-0.2, -0.15) is 4.31 Å². The topological polar surface area (TPSA) is 96.0 Å². The molecule has 33 heavy (non-hydrogen) atoms. The van der Waals surface area contributed by atoms with Gasteiger partial charge in [0.15, 0.2) is 0 Å². The van der Waals surface area contributed by atoms with Crippen molar-refractivity contribution in [2.75, 3.05) is 27.7 Å². The molecule has 0 atom stereocenters. The number of carbonyl (C=O) groups is 2. The second-order valence-corrected chi connectivity index (χ2v) is 9.25. The fourth-order valence-corrected chi connectivity index (χ4v) is 5.19. The molecular weight excluding hydrogens is 466 g/mol. The number of hydrogen-bond acceptors (Lipinski definition) is 5. The van der Waals surface area contributed by atoms with Crippen LogP contribution in [-0.2, 0) is 14.8 Å². The number of benzene rings is 3. The van der Waals surface area contributed by atoms with Crippen LogP contribution in [0.3, 0.4) is 0 Å². The highest BCUT2D eigenvalue weighted by atomic mass is 35.5. The van der Waals surface area contributed by atoms with Gasteiger partial charge in [0.2, 0.25) is 5.91 Å². The third kappa shape index (κ3) is 4.37. The summed E-state index contributed by atoms with van der Waals surface area (Å²) >= 11 is 5.92. The number of rotatable bonds is 6. The van der Waals surface area contributed by atoms with Gasteiger partial charge in [0, 0.05) is 5.02 Å². The number of hydrogen-bond donors (Lipinski definition) is 1. The third-order valence-corrected chi connectivity index (χ3v) is 6.90. The molecule has 0 radical (unpaired) electrons. The van der Waals surface area contributed by atoms with Crippen LogP contribution >= 0.6 is 11.6 Å². The summed E-state index contributed by atoms with van der Waals surface area (Å²) in [5.74, 6) is -0.0234. The van der Waals surface area contributed by atoms with Crippen molar-refractivity contribution in [3.63, 3.8) is 0 Å². The highest BCUT2D eigenvalue weighted by Gasteiger charge is 2.43. The van der Waals surface area contributed by atoms with Gasteiger partial charge >= 0.3 is 6.03 Å². The summed E-state index contributed by atoms with van der Waals surface area (Å²) in [4.78, 5) is 27.3. The Bertz CT molecular complexity index is 1310. The SMILES string of the molecule is CCOc1ccccc1NC(=O)CN1C(=O)N(c2ccc(Cl)cc2)S(=O)(=O)c2ccccc21. The number of halogens is 1. The summed E-state index contributed by atoms with van der Waals surface area (Å²) < 4.78 is 32.7. The van der Waals surface area contributed by atoms with Crippen molar-refractivity contribution in [2.24, 2.45) is 0 Å². The largest absolute Gasteiger partial charge is 0.492 e. The minimum atomic E-state index is -4.19. The number of carbonyl (C=O) groups excluding carboxylic acids is 2. The molecule has 4 rings (SSSR count). The second kappa shape index (κ2) is 9.13. The highest BCUT2D eigenvalue weighted by Crippen LogP contribution is 2.37. The van der Waals surface area contributed by atoms with Gasteiger partial charge in [0.1, 0.15) is 17.2 Å². The fraction of sp³-hybridized carbons (Fsp3) is 0.130. The average Bonchev–Trinajstić information content (AvgIpc) is 2.79. The average molecular weight is 486 g/mol. The molecule has 1 N–H and O–H groups in total. The lowest BCUT2D eigenvalue weighted by Crippen LogP contribution is -2.53. The molecule has 10 heteroatoms. The maximum atomic E-state index is 13.4. The van der Waals surface area contributed by atoms with Crippen LogP contribution in [0.4, 0.5) is 21.9 Å². The van der Waals surface area contributed by atoms with E-state index in [0.717, 1.165) is 4.90 Å². The smallest absolute Gasteiger partial charge is 0.343 e. The van der Waals surface area contributed by atoms with Crippen LogP contribution < -0.4 is 19.3 Å². The van der Waals surface area contributed by atoms with Crippen molar-refractivity contribution >= 4 is 50.6 Å². The Hall–Kier alpha value is -3.56. The first kappa shape index (κ1) is 22.6. The van der Waals surface area contributed by atoms with E-state index in [2.05, 4.69) is 5.32 Å². The van der Waals surface area contributed by atoms with E-state index in [1.54, 1.807) is 36.4 Å². The molecule has 0 saturated carbocycles. The molecule has 3 aromatic carbocycles. The monoisotopic (exact) mass is 485 g/mol. The Morgan fingerprint density at radius 2 is 1.67 bits per heavy atom. The number of fused-ring (bicyclic) bond motifs is 1. The van der Waals surface area contributed by atoms with Gasteiger partial charge in [-0.3, -0.25) is 9.69 Å². The van der Waals surface area contributed by atoms with E-state index in [1.807, 2.05) is 6.92 Å². The van der Waals surface area contributed by atoms with Crippen LogP contribution in [0.15, 0.2) is 77.7 Å². The lowest BCUT2D eigenvalue weighted by Gasteiger charge is -2.35. The molecule has 3 amide bonds. The van der Waals surface area contributed by atoms with Crippen molar-refractivity contribution in [3.8, 4) is 5.75 Å². The number of anilines is 3. The molecule has 0 bridgehead atoms. The number of urea groups is 1. The first-order valence-electron chi connectivity index (χ1n) is 10.1. The normalized spacial score (nSPS) is 14.5. The molecule has 0 unspecified atom stereocenters. The van der Waals surface area contributed by atoms with Gasteiger partial charge in [0.05, 0.1) is 23.7 Å². The lowest BCUT2D eigenvalue weighted by molar-refractivity contribution is -0.114. The quantitative estimate of drug-likeness (QED) is 0.554. The number of sulfonamides is 1. The van der Waals surface area contributed by atoms with Crippen molar-refractivity contribution in [1.29, 1.82) is 0 Å². The first-order valence-corrected chi connectivity index (χ1v) is 11.9. The first-order chi connectivity index (χ1) is 15.8. The zero-order chi connectivity index (χ0) is 23.6. The predicted octanol–water partition coefficient (Wildman–Crippen LogP) is 4.51. The Kier molecular flexibility index (Phi) is 6.26. The van der Waals surface area contributed by atoms with Gasteiger partial charge in [0.25, 0.3) is 10.0 Å². The third-order valence-electron chi connectivity index (χ3n) is 4.90. The summed E-state index contributed by atoms with van der Waals surface area (Å²) in [7, 11) is -4.19. The second-order valence-electron chi connectivity index (χ2n) is 7.06. The van der Waals surface area contributed by atoms with E-state index in [9.17, 15) is 18.0 Å². The summed E-state index contributed by atoms with van der Waals surface area (Å²) in [5.41, 5.74) is 0.691. The number of ether oxygens (including phenoxy) is 1.